The van der Waals surface area contributed by atoms with Crippen molar-refractivity contribution >= 4 is 11.9 Å². The maximum absolute atomic E-state index is 11.8. The molecule has 0 radical (unpaired) electrons. The number of rotatable bonds is 3. The minimum atomic E-state index is -4.51. The maximum Gasteiger partial charge on any atom is 0.405 e. The van der Waals surface area contributed by atoms with Crippen LogP contribution in [0.3, 0.4) is 0 Å². The number of aliphatic hydroxyl groups excluding tert-OH is 1. The standard InChI is InChI=1S/C10H16F3N3O3/c11-10(12,13)6-14-9(19)15-8(18)5-16-3-1-7(17)2-4-16/h7,17H,1-6H2,(H2,14,15,18,19). The monoisotopic (exact) mass is 283 g/mol. The van der Waals surface area contributed by atoms with Crippen molar-refractivity contribution in [1.82, 2.24) is 15.5 Å². The fraction of sp³-hybridized carbons (Fsp3) is 0.800. The molecule has 0 aromatic heterocycles. The van der Waals surface area contributed by atoms with Crippen molar-refractivity contribution in [2.75, 3.05) is 26.2 Å². The number of hydrogen-bond acceptors (Lipinski definition) is 4. The van der Waals surface area contributed by atoms with E-state index in [9.17, 15) is 27.9 Å². The number of urea groups is 1. The maximum atomic E-state index is 11.8. The molecule has 1 aliphatic rings. The minimum Gasteiger partial charge on any atom is -0.393 e. The highest BCUT2D eigenvalue weighted by atomic mass is 19.4. The summed E-state index contributed by atoms with van der Waals surface area (Å²) in [5, 5.41) is 12.6. The molecule has 1 rings (SSSR count). The van der Waals surface area contributed by atoms with E-state index in [1.807, 2.05) is 5.32 Å². The lowest BCUT2D eigenvalue weighted by molar-refractivity contribution is -0.125. The predicted molar refractivity (Wildman–Crippen MR) is 59.3 cm³/mol. The molecule has 0 saturated carbocycles. The number of carbonyl (C=O) groups excluding carboxylic acids is 2. The molecule has 1 fully saturated rings. The van der Waals surface area contributed by atoms with E-state index in [0.29, 0.717) is 25.9 Å². The summed E-state index contributed by atoms with van der Waals surface area (Å²) in [6.45, 7) is -0.536. The van der Waals surface area contributed by atoms with E-state index in [2.05, 4.69) is 0 Å². The van der Waals surface area contributed by atoms with Crippen LogP contribution in [0, 0.1) is 0 Å². The molecule has 0 bridgehead atoms. The average Bonchev–Trinajstić information content (AvgIpc) is 2.29. The van der Waals surface area contributed by atoms with Gasteiger partial charge in [0, 0.05) is 13.1 Å². The highest BCUT2D eigenvalue weighted by Gasteiger charge is 2.28. The molecule has 0 atom stereocenters. The second-order valence-electron chi connectivity index (χ2n) is 4.35. The summed E-state index contributed by atoms with van der Waals surface area (Å²) in [5.41, 5.74) is 0. The lowest BCUT2D eigenvalue weighted by Crippen LogP contribution is -2.48. The van der Waals surface area contributed by atoms with Crippen molar-refractivity contribution in [3.05, 3.63) is 0 Å². The van der Waals surface area contributed by atoms with Crippen molar-refractivity contribution in [2.45, 2.75) is 25.1 Å². The SMILES string of the molecule is O=C(CN1CCC(O)CC1)NC(=O)NCC(F)(F)F. The zero-order valence-electron chi connectivity index (χ0n) is 10.2. The fourth-order valence-electron chi connectivity index (χ4n) is 1.67. The second-order valence-corrected chi connectivity index (χ2v) is 4.35. The molecular weight excluding hydrogens is 267 g/mol. The van der Waals surface area contributed by atoms with E-state index < -0.39 is 24.7 Å². The molecule has 1 saturated heterocycles. The third-order valence-corrected chi connectivity index (χ3v) is 2.63. The van der Waals surface area contributed by atoms with Gasteiger partial charge in [-0.25, -0.2) is 4.79 Å². The molecule has 19 heavy (non-hydrogen) atoms. The molecule has 6 nitrogen and oxygen atoms in total. The molecule has 3 amide bonds. The Morgan fingerprint density at radius 1 is 1.26 bits per heavy atom. The van der Waals surface area contributed by atoms with Gasteiger partial charge in [-0.15, -0.1) is 0 Å². The van der Waals surface area contributed by atoms with Crippen LogP contribution < -0.4 is 10.6 Å². The van der Waals surface area contributed by atoms with E-state index in [4.69, 9.17) is 0 Å². The molecule has 1 heterocycles. The summed E-state index contributed by atoms with van der Waals surface area (Å²) in [6.07, 6.45) is -3.82. The van der Waals surface area contributed by atoms with E-state index in [-0.39, 0.29) is 12.6 Å². The molecule has 1 aliphatic heterocycles. The first-order chi connectivity index (χ1) is 8.76. The molecule has 3 N–H and O–H groups in total. The quantitative estimate of drug-likeness (QED) is 0.672. The van der Waals surface area contributed by atoms with Crippen molar-refractivity contribution < 1.29 is 27.9 Å². The van der Waals surface area contributed by atoms with Crippen molar-refractivity contribution in [1.29, 1.82) is 0 Å². The minimum absolute atomic E-state index is 0.0772. The summed E-state index contributed by atoms with van der Waals surface area (Å²) >= 11 is 0. The van der Waals surface area contributed by atoms with E-state index in [1.165, 1.54) is 0 Å². The zero-order valence-corrected chi connectivity index (χ0v) is 10.2. The third kappa shape index (κ3) is 6.97. The van der Waals surface area contributed by atoms with Gasteiger partial charge in [-0.1, -0.05) is 0 Å². The van der Waals surface area contributed by atoms with Gasteiger partial charge in [0.2, 0.25) is 5.91 Å². The van der Waals surface area contributed by atoms with Crippen LogP contribution in [-0.2, 0) is 4.79 Å². The van der Waals surface area contributed by atoms with Crippen LogP contribution in [0.2, 0.25) is 0 Å². The van der Waals surface area contributed by atoms with E-state index in [0.717, 1.165) is 0 Å². The van der Waals surface area contributed by atoms with Crippen LogP contribution in [0.25, 0.3) is 0 Å². The summed E-state index contributed by atoms with van der Waals surface area (Å²) in [7, 11) is 0. The van der Waals surface area contributed by atoms with E-state index in [1.54, 1.807) is 10.2 Å². The van der Waals surface area contributed by atoms with Gasteiger partial charge in [0.1, 0.15) is 6.54 Å². The molecule has 0 unspecified atom stereocenters. The van der Waals surface area contributed by atoms with Crippen molar-refractivity contribution in [3.63, 3.8) is 0 Å². The van der Waals surface area contributed by atoms with Crippen LogP contribution >= 0.6 is 0 Å². The number of nitrogens with one attached hydrogen (secondary N) is 2. The average molecular weight is 283 g/mol. The molecule has 0 aliphatic carbocycles. The van der Waals surface area contributed by atoms with Crippen LogP contribution in [-0.4, -0.2) is 60.4 Å². The first kappa shape index (κ1) is 15.7. The first-order valence-corrected chi connectivity index (χ1v) is 5.81. The number of imide groups is 1. The Morgan fingerprint density at radius 2 is 1.84 bits per heavy atom. The molecule has 0 spiro atoms. The van der Waals surface area contributed by atoms with Crippen LogP contribution in [0.5, 0.6) is 0 Å². The molecule has 110 valence electrons. The summed E-state index contributed by atoms with van der Waals surface area (Å²) in [5.74, 6) is -0.670. The number of carbonyl (C=O) groups is 2. The number of likely N-dealkylation sites (tertiary alicyclic amines) is 1. The number of nitrogens with zero attached hydrogens (tertiary/aromatic N) is 1. The fourth-order valence-corrected chi connectivity index (χ4v) is 1.67. The van der Waals surface area contributed by atoms with E-state index >= 15 is 0 Å². The van der Waals surface area contributed by atoms with Crippen LogP contribution in [0.1, 0.15) is 12.8 Å². The van der Waals surface area contributed by atoms with Crippen LogP contribution in [0.4, 0.5) is 18.0 Å². The van der Waals surface area contributed by atoms with Crippen molar-refractivity contribution in [2.24, 2.45) is 0 Å². The Labute approximate surface area is 107 Å². The summed E-state index contributed by atoms with van der Waals surface area (Å²) in [4.78, 5) is 24.1. The lowest BCUT2D eigenvalue weighted by atomic mass is 10.1. The summed E-state index contributed by atoms with van der Waals surface area (Å²) in [6, 6.07) is -1.17. The number of alkyl halides is 3. The lowest BCUT2D eigenvalue weighted by Gasteiger charge is -2.28. The topological polar surface area (TPSA) is 81.7 Å². The molecule has 0 aromatic carbocycles. The Bertz CT molecular complexity index is 328. The molecule has 0 aromatic rings. The van der Waals surface area contributed by atoms with Gasteiger partial charge >= 0.3 is 12.2 Å². The molecule has 9 heteroatoms. The van der Waals surface area contributed by atoms with Crippen LogP contribution in [0.15, 0.2) is 0 Å². The Hall–Kier alpha value is -1.35. The Balaban J connectivity index is 2.21. The van der Waals surface area contributed by atoms with Gasteiger partial charge in [-0.2, -0.15) is 13.2 Å². The summed E-state index contributed by atoms with van der Waals surface area (Å²) < 4.78 is 35.4. The Kier molecular flexibility index (Phi) is 5.55. The van der Waals surface area contributed by atoms with Crippen molar-refractivity contribution in [3.8, 4) is 0 Å². The van der Waals surface area contributed by atoms with Gasteiger partial charge in [0.15, 0.2) is 0 Å². The largest absolute Gasteiger partial charge is 0.405 e. The molecular formula is C10H16F3N3O3. The van der Waals surface area contributed by atoms with Gasteiger partial charge in [0.05, 0.1) is 12.6 Å². The second kappa shape index (κ2) is 6.71. The number of piperidine rings is 1. The number of hydrogen-bond donors (Lipinski definition) is 3. The third-order valence-electron chi connectivity index (χ3n) is 2.63. The first-order valence-electron chi connectivity index (χ1n) is 5.81. The van der Waals surface area contributed by atoms with Gasteiger partial charge < -0.3 is 10.4 Å². The highest BCUT2D eigenvalue weighted by Crippen LogP contribution is 2.12. The predicted octanol–water partition coefficient (Wildman–Crippen LogP) is -0.169. The van der Waals surface area contributed by atoms with Gasteiger partial charge in [-0.05, 0) is 12.8 Å². The highest BCUT2D eigenvalue weighted by molar-refractivity contribution is 5.95. The Morgan fingerprint density at radius 3 is 2.37 bits per heavy atom. The normalized spacial score (nSPS) is 18.1. The number of aliphatic hydroxyl groups is 1. The number of halogens is 3. The number of amides is 3. The van der Waals surface area contributed by atoms with Gasteiger partial charge in [-0.3, -0.25) is 15.0 Å². The zero-order chi connectivity index (χ0) is 14.5. The smallest absolute Gasteiger partial charge is 0.393 e. The van der Waals surface area contributed by atoms with Gasteiger partial charge in [0.25, 0.3) is 0 Å².